The summed E-state index contributed by atoms with van der Waals surface area (Å²) >= 11 is 6.06. The summed E-state index contributed by atoms with van der Waals surface area (Å²) in [5, 5.41) is 3.52. The molecule has 104 valence electrons. The second-order valence-corrected chi connectivity index (χ2v) is 6.03. The molecule has 2 rings (SSSR count). The van der Waals surface area contributed by atoms with Gasteiger partial charge in [-0.15, -0.1) is 0 Å². The van der Waals surface area contributed by atoms with Crippen molar-refractivity contribution in [1.82, 2.24) is 5.32 Å². The standard InChI is InChI=1S/C14H18ClNO3/c1-14(2,3)13(17)16-6-9-4-11(15)5-10-7-18-8-19-12(9)10/h4-5H,6-8H2,1-3H3,(H,16,17). The first-order chi connectivity index (χ1) is 8.88. The molecule has 1 aliphatic heterocycles. The number of halogens is 1. The Balaban J connectivity index is 2.16. The maximum Gasteiger partial charge on any atom is 0.225 e. The van der Waals surface area contributed by atoms with E-state index < -0.39 is 5.41 Å². The minimum atomic E-state index is -0.414. The van der Waals surface area contributed by atoms with Crippen molar-refractivity contribution in [3.8, 4) is 5.75 Å². The maximum absolute atomic E-state index is 11.9. The van der Waals surface area contributed by atoms with Crippen LogP contribution in [0.15, 0.2) is 12.1 Å². The van der Waals surface area contributed by atoms with Crippen molar-refractivity contribution in [2.75, 3.05) is 6.79 Å². The highest BCUT2D eigenvalue weighted by atomic mass is 35.5. The molecule has 1 amide bonds. The molecule has 0 aliphatic carbocycles. The van der Waals surface area contributed by atoms with E-state index in [1.165, 1.54) is 0 Å². The zero-order valence-corrected chi connectivity index (χ0v) is 12.1. The Bertz CT molecular complexity index is 494. The van der Waals surface area contributed by atoms with Crippen LogP contribution in [0.1, 0.15) is 31.9 Å². The minimum absolute atomic E-state index is 0.00622. The van der Waals surface area contributed by atoms with Crippen LogP contribution in [0.2, 0.25) is 5.02 Å². The largest absolute Gasteiger partial charge is 0.467 e. The van der Waals surface area contributed by atoms with Crippen LogP contribution in [0, 0.1) is 5.41 Å². The summed E-state index contributed by atoms with van der Waals surface area (Å²) in [5.41, 5.74) is 1.38. The lowest BCUT2D eigenvalue weighted by molar-refractivity contribution is -0.128. The van der Waals surface area contributed by atoms with Crippen LogP contribution < -0.4 is 10.1 Å². The third-order valence-electron chi connectivity index (χ3n) is 2.87. The van der Waals surface area contributed by atoms with E-state index in [4.69, 9.17) is 21.1 Å². The van der Waals surface area contributed by atoms with Crippen molar-refractivity contribution < 1.29 is 14.3 Å². The molecule has 0 radical (unpaired) electrons. The number of amides is 1. The second kappa shape index (κ2) is 5.39. The Morgan fingerprint density at radius 2 is 2.16 bits per heavy atom. The lowest BCUT2D eigenvalue weighted by Gasteiger charge is -2.22. The highest BCUT2D eigenvalue weighted by molar-refractivity contribution is 6.30. The van der Waals surface area contributed by atoms with Gasteiger partial charge in [-0.05, 0) is 12.1 Å². The average molecular weight is 284 g/mol. The van der Waals surface area contributed by atoms with Crippen LogP contribution in [0.25, 0.3) is 0 Å². The molecule has 0 aromatic heterocycles. The topological polar surface area (TPSA) is 47.6 Å². The summed E-state index contributed by atoms with van der Waals surface area (Å²) in [6.45, 7) is 6.74. The number of benzene rings is 1. The number of carbonyl (C=O) groups excluding carboxylic acids is 1. The molecule has 0 fully saturated rings. The second-order valence-electron chi connectivity index (χ2n) is 5.60. The van der Waals surface area contributed by atoms with E-state index in [2.05, 4.69) is 5.32 Å². The highest BCUT2D eigenvalue weighted by Gasteiger charge is 2.22. The molecule has 1 N–H and O–H groups in total. The van der Waals surface area contributed by atoms with E-state index in [-0.39, 0.29) is 12.7 Å². The maximum atomic E-state index is 11.9. The first kappa shape index (κ1) is 14.2. The van der Waals surface area contributed by atoms with Crippen LogP contribution in [0.3, 0.4) is 0 Å². The fourth-order valence-electron chi connectivity index (χ4n) is 1.83. The van der Waals surface area contributed by atoms with E-state index in [9.17, 15) is 4.79 Å². The summed E-state index contributed by atoms with van der Waals surface area (Å²) in [6, 6.07) is 3.64. The fraction of sp³-hybridized carbons (Fsp3) is 0.500. The Kier molecular flexibility index (Phi) is 4.02. The molecule has 0 atom stereocenters. The lowest BCUT2D eigenvalue weighted by atomic mass is 9.95. The van der Waals surface area contributed by atoms with Gasteiger partial charge in [0, 0.05) is 28.1 Å². The predicted octanol–water partition coefficient (Wildman–Crippen LogP) is 2.87. The molecule has 0 bridgehead atoms. The van der Waals surface area contributed by atoms with Gasteiger partial charge in [0.1, 0.15) is 5.75 Å². The van der Waals surface area contributed by atoms with Crippen LogP contribution in [-0.2, 0) is 22.7 Å². The molecular weight excluding hydrogens is 266 g/mol. The van der Waals surface area contributed by atoms with E-state index in [0.717, 1.165) is 16.9 Å². The van der Waals surface area contributed by atoms with Gasteiger partial charge in [-0.3, -0.25) is 4.79 Å². The van der Waals surface area contributed by atoms with Crippen LogP contribution in [-0.4, -0.2) is 12.7 Å². The lowest BCUT2D eigenvalue weighted by Crippen LogP contribution is -2.34. The summed E-state index contributed by atoms with van der Waals surface area (Å²) in [6.07, 6.45) is 0. The Morgan fingerprint density at radius 3 is 2.84 bits per heavy atom. The van der Waals surface area contributed by atoms with Crippen LogP contribution in [0.5, 0.6) is 5.75 Å². The quantitative estimate of drug-likeness (QED) is 0.908. The number of ether oxygens (including phenoxy) is 2. The monoisotopic (exact) mass is 283 g/mol. The van der Waals surface area contributed by atoms with Crippen LogP contribution in [0.4, 0.5) is 0 Å². The number of carbonyl (C=O) groups is 1. The number of fused-ring (bicyclic) bond motifs is 1. The first-order valence-electron chi connectivity index (χ1n) is 6.18. The summed E-state index contributed by atoms with van der Waals surface area (Å²) in [5.74, 6) is 0.762. The molecule has 1 aliphatic rings. The number of nitrogens with one attached hydrogen (secondary N) is 1. The van der Waals surface area contributed by atoms with E-state index in [0.29, 0.717) is 18.2 Å². The molecule has 0 spiro atoms. The molecule has 0 unspecified atom stereocenters. The minimum Gasteiger partial charge on any atom is -0.467 e. The van der Waals surface area contributed by atoms with Crippen molar-refractivity contribution >= 4 is 17.5 Å². The summed E-state index contributed by atoms with van der Waals surface area (Å²) in [4.78, 5) is 11.9. The molecular formula is C14H18ClNO3. The van der Waals surface area contributed by atoms with Crippen molar-refractivity contribution in [1.29, 1.82) is 0 Å². The van der Waals surface area contributed by atoms with Crippen LogP contribution >= 0.6 is 11.6 Å². The van der Waals surface area contributed by atoms with Crippen molar-refractivity contribution in [2.24, 2.45) is 5.41 Å². The zero-order valence-electron chi connectivity index (χ0n) is 11.4. The number of hydrogen-bond acceptors (Lipinski definition) is 3. The van der Waals surface area contributed by atoms with Crippen molar-refractivity contribution in [3.63, 3.8) is 0 Å². The molecule has 19 heavy (non-hydrogen) atoms. The van der Waals surface area contributed by atoms with Gasteiger partial charge in [0.05, 0.1) is 6.61 Å². The van der Waals surface area contributed by atoms with E-state index in [1.807, 2.05) is 32.9 Å². The predicted molar refractivity (Wildman–Crippen MR) is 73.0 cm³/mol. The molecule has 1 aromatic carbocycles. The molecule has 5 heteroatoms. The van der Waals surface area contributed by atoms with Gasteiger partial charge in [-0.25, -0.2) is 0 Å². The molecule has 0 saturated carbocycles. The Hall–Kier alpha value is -1.26. The van der Waals surface area contributed by atoms with Gasteiger partial charge in [0.25, 0.3) is 0 Å². The average Bonchev–Trinajstić information content (AvgIpc) is 2.34. The van der Waals surface area contributed by atoms with Gasteiger partial charge >= 0.3 is 0 Å². The normalized spacial score (nSPS) is 14.5. The van der Waals surface area contributed by atoms with Crippen molar-refractivity contribution in [3.05, 3.63) is 28.3 Å². The Morgan fingerprint density at radius 1 is 1.42 bits per heavy atom. The third-order valence-corrected chi connectivity index (χ3v) is 3.09. The number of hydrogen-bond donors (Lipinski definition) is 1. The Labute approximate surface area is 118 Å². The van der Waals surface area contributed by atoms with Gasteiger partial charge in [-0.2, -0.15) is 0 Å². The van der Waals surface area contributed by atoms with Gasteiger partial charge < -0.3 is 14.8 Å². The molecule has 0 saturated heterocycles. The first-order valence-corrected chi connectivity index (χ1v) is 6.56. The van der Waals surface area contributed by atoms with Crippen molar-refractivity contribution in [2.45, 2.75) is 33.9 Å². The highest BCUT2D eigenvalue weighted by Crippen LogP contribution is 2.31. The summed E-state index contributed by atoms with van der Waals surface area (Å²) in [7, 11) is 0. The van der Waals surface area contributed by atoms with E-state index >= 15 is 0 Å². The van der Waals surface area contributed by atoms with Gasteiger partial charge in [0.2, 0.25) is 5.91 Å². The number of rotatable bonds is 2. The zero-order chi connectivity index (χ0) is 14.0. The molecule has 1 aromatic rings. The summed E-state index contributed by atoms with van der Waals surface area (Å²) < 4.78 is 10.7. The SMILES string of the molecule is CC(C)(C)C(=O)NCc1cc(Cl)cc2c1OCOC2. The fourth-order valence-corrected chi connectivity index (χ4v) is 2.09. The third kappa shape index (κ3) is 3.39. The molecule has 1 heterocycles. The molecule has 4 nitrogen and oxygen atoms in total. The smallest absolute Gasteiger partial charge is 0.225 e. The van der Waals surface area contributed by atoms with Gasteiger partial charge in [-0.1, -0.05) is 32.4 Å². The van der Waals surface area contributed by atoms with Gasteiger partial charge in [0.15, 0.2) is 6.79 Å². The van der Waals surface area contributed by atoms with E-state index in [1.54, 1.807) is 0 Å².